The van der Waals surface area contributed by atoms with Crippen LogP contribution >= 0.6 is 15.9 Å². The molecule has 0 aromatic heterocycles. The minimum atomic E-state index is -0.600. The number of nitrogens with one attached hydrogen (secondary N) is 2. The van der Waals surface area contributed by atoms with Crippen molar-refractivity contribution in [1.29, 1.82) is 0 Å². The smallest absolute Gasteiger partial charge is 0.316 e. The average molecular weight is 332 g/mol. The molecule has 0 saturated carbocycles. The molecule has 0 fully saturated rings. The molecule has 1 aromatic carbocycles. The van der Waals surface area contributed by atoms with Crippen molar-refractivity contribution in [2.45, 2.75) is 0 Å². The maximum absolute atomic E-state index is 13.6. The Bertz CT molecular complexity index is 480. The van der Waals surface area contributed by atoms with Gasteiger partial charge in [-0.2, -0.15) is 0 Å². The van der Waals surface area contributed by atoms with Crippen LogP contribution in [0.4, 0.5) is 9.18 Å². The monoisotopic (exact) mass is 331 g/mol. The number of rotatable bonds is 4. The van der Waals surface area contributed by atoms with Crippen LogP contribution < -0.4 is 10.6 Å². The van der Waals surface area contributed by atoms with E-state index in [1.807, 2.05) is 0 Å². The van der Waals surface area contributed by atoms with Crippen molar-refractivity contribution < 1.29 is 14.0 Å². The van der Waals surface area contributed by atoms with Gasteiger partial charge in [-0.25, -0.2) is 9.18 Å². The minimum Gasteiger partial charge on any atom is -0.350 e. The van der Waals surface area contributed by atoms with Crippen molar-refractivity contribution in [2.75, 3.05) is 27.2 Å². The molecule has 0 unspecified atom stereocenters. The fourth-order valence-corrected chi connectivity index (χ4v) is 1.64. The Labute approximate surface area is 119 Å². The van der Waals surface area contributed by atoms with E-state index >= 15 is 0 Å². The molecule has 0 radical (unpaired) electrons. The van der Waals surface area contributed by atoms with Gasteiger partial charge in [0.25, 0.3) is 5.91 Å². The van der Waals surface area contributed by atoms with Crippen molar-refractivity contribution >= 4 is 27.9 Å². The first kappa shape index (κ1) is 15.4. The zero-order valence-electron chi connectivity index (χ0n) is 10.7. The van der Waals surface area contributed by atoms with Crippen LogP contribution in [0.1, 0.15) is 10.4 Å². The van der Waals surface area contributed by atoms with Crippen LogP contribution in [0.2, 0.25) is 0 Å². The molecule has 0 aliphatic heterocycles. The zero-order chi connectivity index (χ0) is 14.4. The molecule has 2 N–H and O–H groups in total. The van der Waals surface area contributed by atoms with E-state index in [9.17, 15) is 14.0 Å². The van der Waals surface area contributed by atoms with Crippen molar-refractivity contribution in [1.82, 2.24) is 15.5 Å². The number of carbonyl (C=O) groups is 2. The Kier molecular flexibility index (Phi) is 5.75. The second kappa shape index (κ2) is 7.08. The summed E-state index contributed by atoms with van der Waals surface area (Å²) in [5.74, 6) is -1.12. The summed E-state index contributed by atoms with van der Waals surface area (Å²) < 4.78 is 13.8. The van der Waals surface area contributed by atoms with Gasteiger partial charge >= 0.3 is 6.03 Å². The molecule has 0 heterocycles. The number of halogens is 2. The van der Waals surface area contributed by atoms with Crippen LogP contribution in [-0.4, -0.2) is 44.0 Å². The molecule has 0 aliphatic rings. The highest BCUT2D eigenvalue weighted by Gasteiger charge is 2.13. The number of hydrogen-bond donors (Lipinski definition) is 2. The number of amides is 3. The van der Waals surface area contributed by atoms with E-state index in [0.29, 0.717) is 0 Å². The quantitative estimate of drug-likeness (QED) is 0.823. The second-order valence-corrected chi connectivity index (χ2v) is 4.84. The molecule has 0 atom stereocenters. The van der Waals surface area contributed by atoms with Gasteiger partial charge < -0.3 is 15.5 Å². The van der Waals surface area contributed by atoms with E-state index in [1.54, 1.807) is 20.2 Å². The standard InChI is InChI=1S/C12H15BrFN3O2/c1-17(2)12(19)16-7-6-15-11(18)8-4-3-5-9(13)10(8)14/h3-5H,6-7H2,1-2H3,(H,15,18)(H,16,19). The molecule has 0 spiro atoms. The normalized spacial score (nSPS) is 9.89. The molecule has 104 valence electrons. The SMILES string of the molecule is CN(C)C(=O)NCCNC(=O)c1cccc(Br)c1F. The lowest BCUT2D eigenvalue weighted by atomic mass is 10.2. The topological polar surface area (TPSA) is 61.4 Å². The molecule has 3 amide bonds. The third-order valence-corrected chi connectivity index (χ3v) is 2.90. The van der Waals surface area contributed by atoms with Gasteiger partial charge in [-0.15, -0.1) is 0 Å². The number of carbonyl (C=O) groups excluding carboxylic acids is 2. The van der Waals surface area contributed by atoms with Gasteiger partial charge in [-0.05, 0) is 28.1 Å². The Morgan fingerprint density at radius 1 is 1.26 bits per heavy atom. The molecular formula is C12H15BrFN3O2. The van der Waals surface area contributed by atoms with Crippen LogP contribution in [0.5, 0.6) is 0 Å². The summed E-state index contributed by atoms with van der Waals surface area (Å²) in [6, 6.07) is 4.25. The summed E-state index contributed by atoms with van der Waals surface area (Å²) in [6.07, 6.45) is 0. The molecule has 1 rings (SSSR count). The van der Waals surface area contributed by atoms with Crippen LogP contribution in [0.25, 0.3) is 0 Å². The van der Waals surface area contributed by atoms with Crippen molar-refractivity contribution in [2.24, 2.45) is 0 Å². The molecule has 19 heavy (non-hydrogen) atoms. The van der Waals surface area contributed by atoms with E-state index in [-0.39, 0.29) is 29.2 Å². The first-order valence-electron chi connectivity index (χ1n) is 5.61. The van der Waals surface area contributed by atoms with E-state index in [0.717, 1.165) is 0 Å². The van der Waals surface area contributed by atoms with Gasteiger partial charge in [0.1, 0.15) is 5.82 Å². The summed E-state index contributed by atoms with van der Waals surface area (Å²) in [4.78, 5) is 24.3. The highest BCUT2D eigenvalue weighted by molar-refractivity contribution is 9.10. The van der Waals surface area contributed by atoms with Gasteiger partial charge in [0.15, 0.2) is 0 Å². The minimum absolute atomic E-state index is 0.0340. The summed E-state index contributed by atoms with van der Waals surface area (Å²) >= 11 is 3.01. The van der Waals surface area contributed by atoms with Crippen LogP contribution in [0.3, 0.4) is 0 Å². The van der Waals surface area contributed by atoms with Crippen LogP contribution in [0, 0.1) is 5.82 Å². The van der Waals surface area contributed by atoms with Crippen LogP contribution in [-0.2, 0) is 0 Å². The first-order valence-corrected chi connectivity index (χ1v) is 6.40. The third-order valence-electron chi connectivity index (χ3n) is 2.29. The Morgan fingerprint density at radius 3 is 2.53 bits per heavy atom. The molecule has 7 heteroatoms. The number of hydrogen-bond acceptors (Lipinski definition) is 2. The van der Waals surface area contributed by atoms with Gasteiger partial charge in [0.05, 0.1) is 10.0 Å². The lowest BCUT2D eigenvalue weighted by molar-refractivity contribution is 0.0949. The highest BCUT2D eigenvalue weighted by Crippen LogP contribution is 2.18. The zero-order valence-corrected chi connectivity index (χ0v) is 12.3. The van der Waals surface area contributed by atoms with E-state index in [1.165, 1.54) is 17.0 Å². The van der Waals surface area contributed by atoms with E-state index in [4.69, 9.17) is 0 Å². The lowest BCUT2D eigenvalue weighted by Crippen LogP contribution is -2.39. The van der Waals surface area contributed by atoms with E-state index < -0.39 is 11.7 Å². The first-order chi connectivity index (χ1) is 8.93. The summed E-state index contributed by atoms with van der Waals surface area (Å²) in [6.45, 7) is 0.503. The summed E-state index contributed by atoms with van der Waals surface area (Å²) in [7, 11) is 3.23. The molecule has 0 aliphatic carbocycles. The second-order valence-electron chi connectivity index (χ2n) is 3.98. The number of urea groups is 1. The summed E-state index contributed by atoms with van der Waals surface area (Å²) in [5, 5.41) is 5.11. The van der Waals surface area contributed by atoms with Crippen LogP contribution in [0.15, 0.2) is 22.7 Å². The molecule has 0 bridgehead atoms. The molecular weight excluding hydrogens is 317 g/mol. The Hall–Kier alpha value is -1.63. The van der Waals surface area contributed by atoms with E-state index in [2.05, 4.69) is 26.6 Å². The third kappa shape index (κ3) is 4.51. The summed E-state index contributed by atoms with van der Waals surface area (Å²) in [5.41, 5.74) is -0.0340. The maximum atomic E-state index is 13.6. The fourth-order valence-electron chi connectivity index (χ4n) is 1.28. The fraction of sp³-hybridized carbons (Fsp3) is 0.333. The maximum Gasteiger partial charge on any atom is 0.316 e. The highest BCUT2D eigenvalue weighted by atomic mass is 79.9. The van der Waals surface area contributed by atoms with Gasteiger partial charge in [-0.1, -0.05) is 6.07 Å². The number of nitrogens with zero attached hydrogens (tertiary/aromatic N) is 1. The van der Waals surface area contributed by atoms with Crippen molar-refractivity contribution in [3.63, 3.8) is 0 Å². The predicted molar refractivity (Wildman–Crippen MR) is 73.5 cm³/mol. The lowest BCUT2D eigenvalue weighted by Gasteiger charge is -2.12. The molecule has 5 nitrogen and oxygen atoms in total. The number of benzene rings is 1. The van der Waals surface area contributed by atoms with Gasteiger partial charge in [-0.3, -0.25) is 4.79 Å². The van der Waals surface area contributed by atoms with Crippen molar-refractivity contribution in [3.05, 3.63) is 34.1 Å². The molecule has 0 saturated heterocycles. The van der Waals surface area contributed by atoms with Gasteiger partial charge in [0, 0.05) is 27.2 Å². The largest absolute Gasteiger partial charge is 0.350 e. The van der Waals surface area contributed by atoms with Gasteiger partial charge in [0.2, 0.25) is 0 Å². The average Bonchev–Trinajstić information content (AvgIpc) is 2.37. The Balaban J connectivity index is 2.44. The molecule has 1 aromatic rings. The predicted octanol–water partition coefficient (Wildman–Crippen LogP) is 1.59. The van der Waals surface area contributed by atoms with Crippen molar-refractivity contribution in [3.8, 4) is 0 Å². The Morgan fingerprint density at radius 2 is 1.89 bits per heavy atom.